The molecule has 2 aliphatic heterocycles. The number of fused-ring (bicyclic) bond motifs is 1. The number of benzene rings is 1. The second-order valence-electron chi connectivity index (χ2n) is 11.1. The molecule has 2 saturated heterocycles. The minimum absolute atomic E-state index is 0.0208. The number of ether oxygens (including phenoxy) is 1. The van der Waals surface area contributed by atoms with E-state index in [2.05, 4.69) is 32.8 Å². The smallest absolute Gasteiger partial charge is 0.250 e. The molecule has 1 aliphatic carbocycles. The number of nitrogens with one attached hydrogen (secondary N) is 1. The number of hydrogen-bond acceptors (Lipinski definition) is 6. The summed E-state index contributed by atoms with van der Waals surface area (Å²) in [6, 6.07) is 7.73. The van der Waals surface area contributed by atoms with Crippen LogP contribution in [0.15, 0.2) is 48.8 Å². The molecular formula is C30H34N6O3. The summed E-state index contributed by atoms with van der Waals surface area (Å²) in [5, 5.41) is 3.69. The highest BCUT2D eigenvalue weighted by atomic mass is 16.5. The van der Waals surface area contributed by atoms with Crippen LogP contribution in [0.5, 0.6) is 0 Å². The van der Waals surface area contributed by atoms with Crippen molar-refractivity contribution in [2.45, 2.75) is 44.6 Å². The Bertz CT molecular complexity index is 1520. The highest BCUT2D eigenvalue weighted by Crippen LogP contribution is 2.44. The number of carbonyl (C=O) groups is 2. The Morgan fingerprint density at radius 2 is 1.97 bits per heavy atom. The Labute approximate surface area is 227 Å². The van der Waals surface area contributed by atoms with Gasteiger partial charge in [0.2, 0.25) is 5.91 Å². The summed E-state index contributed by atoms with van der Waals surface area (Å²) in [6.45, 7) is 7.55. The maximum Gasteiger partial charge on any atom is 0.250 e. The van der Waals surface area contributed by atoms with E-state index in [1.165, 1.54) is 6.33 Å². The molecule has 202 valence electrons. The molecule has 4 heterocycles. The van der Waals surface area contributed by atoms with Gasteiger partial charge < -0.3 is 25.3 Å². The number of allylic oxidation sites excluding steroid dienone is 2. The first-order chi connectivity index (χ1) is 18.8. The van der Waals surface area contributed by atoms with Gasteiger partial charge >= 0.3 is 0 Å². The molecule has 0 bridgehead atoms. The Morgan fingerprint density at radius 3 is 2.62 bits per heavy atom. The minimum atomic E-state index is -0.211. The lowest BCUT2D eigenvalue weighted by Gasteiger charge is -2.46. The zero-order valence-electron chi connectivity index (χ0n) is 22.5. The molecule has 2 amide bonds. The maximum atomic E-state index is 13.5. The molecule has 2 aromatic heterocycles. The summed E-state index contributed by atoms with van der Waals surface area (Å²) < 4.78 is 7.54. The number of aryl methyl sites for hydroxylation is 1. The van der Waals surface area contributed by atoms with Crippen molar-refractivity contribution in [3.8, 4) is 11.3 Å². The number of nitrogens with zero attached hydrogens (tertiary/aromatic N) is 4. The third-order valence-electron chi connectivity index (χ3n) is 8.49. The molecule has 39 heavy (non-hydrogen) atoms. The van der Waals surface area contributed by atoms with Crippen LogP contribution in [0, 0.1) is 5.92 Å². The molecule has 1 spiro atoms. The summed E-state index contributed by atoms with van der Waals surface area (Å²) in [5.41, 5.74) is 12.4. The highest BCUT2D eigenvalue weighted by molar-refractivity contribution is 6.05. The topological polar surface area (TPSA) is 115 Å². The molecule has 0 radical (unpaired) electrons. The summed E-state index contributed by atoms with van der Waals surface area (Å²) >= 11 is 0. The third-order valence-corrected chi connectivity index (χ3v) is 8.49. The van der Waals surface area contributed by atoms with Crippen LogP contribution in [0.4, 0.5) is 11.5 Å². The average Bonchev–Trinajstić information content (AvgIpc) is 3.50. The van der Waals surface area contributed by atoms with Gasteiger partial charge in [0, 0.05) is 36.3 Å². The second kappa shape index (κ2) is 9.64. The van der Waals surface area contributed by atoms with Crippen molar-refractivity contribution < 1.29 is 14.3 Å². The molecule has 3 aromatic rings. The fourth-order valence-corrected chi connectivity index (χ4v) is 6.30. The highest BCUT2D eigenvalue weighted by Gasteiger charge is 2.50. The first-order valence-electron chi connectivity index (χ1n) is 13.5. The van der Waals surface area contributed by atoms with Gasteiger partial charge in [-0.05, 0) is 62.3 Å². The molecule has 0 saturated carbocycles. The van der Waals surface area contributed by atoms with E-state index in [-0.39, 0.29) is 23.3 Å². The average molecular weight is 527 g/mol. The van der Waals surface area contributed by atoms with Gasteiger partial charge in [-0.25, -0.2) is 9.97 Å². The van der Waals surface area contributed by atoms with Crippen LogP contribution >= 0.6 is 0 Å². The monoisotopic (exact) mass is 526 g/mol. The van der Waals surface area contributed by atoms with Crippen molar-refractivity contribution in [1.82, 2.24) is 19.4 Å². The molecule has 2 fully saturated rings. The Balaban J connectivity index is 1.34. The fraction of sp³-hybridized carbons (Fsp3) is 0.400. The van der Waals surface area contributed by atoms with Gasteiger partial charge in [-0.2, -0.15) is 0 Å². The zero-order valence-corrected chi connectivity index (χ0v) is 22.5. The van der Waals surface area contributed by atoms with E-state index in [1.807, 2.05) is 35.9 Å². The zero-order chi connectivity index (χ0) is 27.3. The van der Waals surface area contributed by atoms with Crippen molar-refractivity contribution in [2.24, 2.45) is 13.0 Å². The standard InChI is InChI=1S/C30H34N6O3/c1-18(2)28(37)34-22-11-9-20(10-12-22)25-23(24-26(31)32-17-33-27(24)35(25)3)19-5-7-21(8-6-19)29(38)36-14-4-13-30(36)15-39-16-30/h5,9-12,17,21H,1,4,6-8,13-16H2,2-3H3,(H,34,37)(H2,31,32,33). The Kier molecular flexibility index (Phi) is 6.26. The number of nitrogens with two attached hydrogens (primary N) is 1. The van der Waals surface area contributed by atoms with Crippen LogP contribution in [0.3, 0.4) is 0 Å². The van der Waals surface area contributed by atoms with Gasteiger partial charge in [0.15, 0.2) is 0 Å². The largest absolute Gasteiger partial charge is 0.383 e. The number of carbonyl (C=O) groups excluding carboxylic acids is 2. The van der Waals surface area contributed by atoms with Gasteiger partial charge in [0.25, 0.3) is 5.91 Å². The Morgan fingerprint density at radius 1 is 1.21 bits per heavy atom. The van der Waals surface area contributed by atoms with Gasteiger partial charge in [-0.1, -0.05) is 24.8 Å². The molecular weight excluding hydrogens is 492 g/mol. The maximum absolute atomic E-state index is 13.5. The second-order valence-corrected chi connectivity index (χ2v) is 11.1. The molecule has 1 unspecified atom stereocenters. The first kappa shape index (κ1) is 25.3. The van der Waals surface area contributed by atoms with Crippen LogP contribution < -0.4 is 11.1 Å². The van der Waals surface area contributed by atoms with Crippen LogP contribution in [0.25, 0.3) is 27.9 Å². The van der Waals surface area contributed by atoms with Gasteiger partial charge in [-0.3, -0.25) is 9.59 Å². The molecule has 3 N–H and O–H groups in total. The van der Waals surface area contributed by atoms with Crippen LogP contribution in [-0.2, 0) is 21.4 Å². The van der Waals surface area contributed by atoms with E-state index < -0.39 is 0 Å². The normalized spacial score (nSPS) is 20.1. The van der Waals surface area contributed by atoms with Crippen molar-refractivity contribution in [3.05, 3.63) is 54.4 Å². The molecule has 3 aliphatic rings. The molecule has 1 aromatic carbocycles. The van der Waals surface area contributed by atoms with Crippen LogP contribution in [-0.4, -0.2) is 56.5 Å². The van der Waals surface area contributed by atoms with Crippen LogP contribution in [0.2, 0.25) is 0 Å². The number of aromatic nitrogens is 3. The number of rotatable bonds is 5. The quantitative estimate of drug-likeness (QED) is 0.479. The lowest BCUT2D eigenvalue weighted by atomic mass is 9.83. The molecule has 9 heteroatoms. The third kappa shape index (κ3) is 4.21. The minimum Gasteiger partial charge on any atom is -0.383 e. The molecule has 9 nitrogen and oxygen atoms in total. The lowest BCUT2D eigenvalue weighted by molar-refractivity contribution is -0.162. The lowest BCUT2D eigenvalue weighted by Crippen LogP contribution is -2.61. The van der Waals surface area contributed by atoms with Crippen molar-refractivity contribution in [2.75, 3.05) is 30.8 Å². The number of hydrogen-bond donors (Lipinski definition) is 2. The van der Waals surface area contributed by atoms with E-state index in [9.17, 15) is 9.59 Å². The van der Waals surface area contributed by atoms with Crippen molar-refractivity contribution >= 4 is 39.9 Å². The van der Waals surface area contributed by atoms with Crippen molar-refractivity contribution in [3.63, 3.8) is 0 Å². The van der Waals surface area contributed by atoms with E-state index in [0.717, 1.165) is 65.7 Å². The predicted molar refractivity (Wildman–Crippen MR) is 152 cm³/mol. The number of anilines is 2. The summed E-state index contributed by atoms with van der Waals surface area (Å²) in [4.78, 5) is 36.5. The summed E-state index contributed by atoms with van der Waals surface area (Å²) in [5.74, 6) is 0.467. The van der Waals surface area contributed by atoms with E-state index in [4.69, 9.17) is 10.5 Å². The molecule has 1 atom stereocenters. The summed E-state index contributed by atoms with van der Waals surface area (Å²) in [7, 11) is 1.98. The Hall–Kier alpha value is -3.98. The van der Waals surface area contributed by atoms with Gasteiger partial charge in [0.1, 0.15) is 17.8 Å². The van der Waals surface area contributed by atoms with E-state index in [0.29, 0.717) is 36.7 Å². The molecule has 6 rings (SSSR count). The van der Waals surface area contributed by atoms with Gasteiger partial charge in [-0.15, -0.1) is 0 Å². The van der Waals surface area contributed by atoms with E-state index >= 15 is 0 Å². The van der Waals surface area contributed by atoms with Crippen LogP contribution in [0.1, 0.15) is 44.6 Å². The summed E-state index contributed by atoms with van der Waals surface area (Å²) in [6.07, 6.45) is 8.03. The number of likely N-dealkylation sites (tertiary alicyclic amines) is 1. The van der Waals surface area contributed by atoms with Gasteiger partial charge in [0.05, 0.1) is 29.8 Å². The predicted octanol–water partition coefficient (Wildman–Crippen LogP) is 4.31. The fourth-order valence-electron chi connectivity index (χ4n) is 6.30. The SMILES string of the molecule is C=C(C)C(=O)Nc1ccc(-c2c(C3=CCC(C(=O)N4CCCC45COC5)CC3)c3c(N)ncnc3n2C)cc1. The van der Waals surface area contributed by atoms with Crippen molar-refractivity contribution in [1.29, 1.82) is 0 Å². The first-order valence-corrected chi connectivity index (χ1v) is 13.5. The number of nitrogen functional groups attached to an aromatic ring is 1. The number of amides is 2. The van der Waals surface area contributed by atoms with E-state index in [1.54, 1.807) is 6.92 Å².